The van der Waals surface area contributed by atoms with Crippen molar-refractivity contribution in [1.29, 1.82) is 0 Å². The second-order valence-electron chi connectivity index (χ2n) is 3.54. The van der Waals surface area contributed by atoms with E-state index in [-0.39, 0.29) is 5.97 Å². The normalized spacial score (nSPS) is 11.6. The van der Waals surface area contributed by atoms with E-state index in [1.54, 1.807) is 0 Å². The smallest absolute Gasteiger partial charge is 0.372 e. The molecule has 0 aliphatic rings. The molecule has 0 unspecified atom stereocenters. The lowest BCUT2D eigenvalue weighted by Crippen LogP contribution is -2.30. The third-order valence-electron chi connectivity index (χ3n) is 2.92. The predicted octanol–water partition coefficient (Wildman–Crippen LogP) is 3.73. The fourth-order valence-corrected chi connectivity index (χ4v) is 1.90. The number of rotatable bonds is 7. The van der Waals surface area contributed by atoms with Gasteiger partial charge in [0.1, 0.15) is 0 Å². The van der Waals surface area contributed by atoms with Crippen LogP contribution in [0.3, 0.4) is 0 Å². The molecule has 0 atom stereocenters. The summed E-state index contributed by atoms with van der Waals surface area (Å²) in [5.41, 5.74) is -0.423. The molecule has 0 amide bonds. The molecule has 0 spiro atoms. The minimum atomic E-state index is -0.538. The van der Waals surface area contributed by atoms with Gasteiger partial charge >= 0.3 is 14.7 Å². The summed E-state index contributed by atoms with van der Waals surface area (Å²) in [6, 6.07) is 0. The average Bonchev–Trinajstić information content (AvgIpc) is 2.21. The lowest BCUT2D eigenvalue weighted by Gasteiger charge is -2.27. The topological polar surface area (TPSA) is 43.4 Å². The Hall–Kier alpha value is -0.430. The van der Waals surface area contributed by atoms with Crippen LogP contribution in [0.1, 0.15) is 52.9 Å². The first-order valence-electron chi connectivity index (χ1n) is 5.21. The van der Waals surface area contributed by atoms with E-state index in [1.165, 1.54) is 0 Å². The van der Waals surface area contributed by atoms with Crippen LogP contribution in [0.4, 0.5) is 0 Å². The molecule has 0 N–H and O–H groups in total. The number of unbranched alkanes of at least 4 members (excludes halogenated alkanes) is 1. The molecule has 0 fully saturated rings. The van der Waals surface area contributed by atoms with Crippen molar-refractivity contribution in [3.63, 3.8) is 0 Å². The number of hydrogen-bond donors (Lipinski definition) is 0. The quantitative estimate of drug-likeness (QED) is 0.611. The Bertz CT molecular complexity index is 188. The van der Waals surface area contributed by atoms with Crippen LogP contribution in [0.5, 0.6) is 0 Å². The summed E-state index contributed by atoms with van der Waals surface area (Å²) in [5, 5.41) is 0. The molecule has 0 aliphatic heterocycles. The summed E-state index contributed by atoms with van der Waals surface area (Å²) < 4.78 is 14.8. The summed E-state index contributed by atoms with van der Waals surface area (Å²) in [7, 11) is -0.538. The molecular formula is C10H19O3P. The van der Waals surface area contributed by atoms with Crippen LogP contribution < -0.4 is 0 Å². The zero-order valence-electron chi connectivity index (χ0n) is 9.21. The fourth-order valence-electron chi connectivity index (χ4n) is 1.64. The molecule has 3 nitrogen and oxygen atoms in total. The van der Waals surface area contributed by atoms with Crippen molar-refractivity contribution >= 4 is 14.7 Å². The second-order valence-corrected chi connectivity index (χ2v) is 3.88. The zero-order valence-corrected chi connectivity index (χ0v) is 10.1. The van der Waals surface area contributed by atoms with Crippen molar-refractivity contribution in [2.75, 3.05) is 0 Å². The van der Waals surface area contributed by atoms with Gasteiger partial charge in [-0.1, -0.05) is 33.6 Å². The van der Waals surface area contributed by atoms with Gasteiger partial charge in [0.2, 0.25) is 0 Å². The number of hydrogen-bond acceptors (Lipinski definition) is 3. The van der Waals surface area contributed by atoms with E-state index in [0.717, 1.165) is 32.1 Å². The first-order valence-corrected chi connectivity index (χ1v) is 5.94. The van der Waals surface area contributed by atoms with Gasteiger partial charge in [0, 0.05) is 0 Å². The molecule has 0 saturated carbocycles. The van der Waals surface area contributed by atoms with Gasteiger partial charge in [-0.3, -0.25) is 4.79 Å². The van der Waals surface area contributed by atoms with Crippen LogP contribution in [0.25, 0.3) is 0 Å². The Morgan fingerprint density at radius 3 is 2.21 bits per heavy atom. The summed E-state index contributed by atoms with van der Waals surface area (Å²) in [6.45, 7) is 6.04. The molecule has 0 rings (SSSR count). The Kier molecular flexibility index (Phi) is 6.73. The molecule has 0 radical (unpaired) electrons. The summed E-state index contributed by atoms with van der Waals surface area (Å²) in [4.78, 5) is 11.6. The van der Waals surface area contributed by atoms with E-state index >= 15 is 0 Å². The molecule has 0 aromatic rings. The van der Waals surface area contributed by atoms with Crippen LogP contribution in [-0.2, 0) is 13.9 Å². The van der Waals surface area contributed by atoms with Gasteiger partial charge in [-0.25, -0.2) is 4.57 Å². The van der Waals surface area contributed by atoms with E-state index in [2.05, 4.69) is 11.4 Å². The average molecular weight is 218 g/mol. The van der Waals surface area contributed by atoms with Crippen molar-refractivity contribution < 1.29 is 13.9 Å². The molecule has 0 heterocycles. The highest BCUT2D eigenvalue weighted by Crippen LogP contribution is 2.35. The van der Waals surface area contributed by atoms with Gasteiger partial charge in [0.05, 0.1) is 5.41 Å². The third kappa shape index (κ3) is 3.38. The maximum atomic E-state index is 11.6. The van der Waals surface area contributed by atoms with Gasteiger partial charge in [-0.2, -0.15) is 0 Å². The third-order valence-corrected chi connectivity index (χ3v) is 3.16. The maximum Gasteiger partial charge on any atom is 0.398 e. The molecule has 14 heavy (non-hydrogen) atoms. The van der Waals surface area contributed by atoms with Crippen molar-refractivity contribution in [2.24, 2.45) is 5.41 Å². The van der Waals surface area contributed by atoms with Crippen molar-refractivity contribution in [2.45, 2.75) is 52.9 Å². The molecular weight excluding hydrogens is 199 g/mol. The lowest BCUT2D eigenvalue weighted by atomic mass is 9.78. The van der Waals surface area contributed by atoms with E-state index < -0.39 is 14.1 Å². The standard InChI is InChI=1S/C10H19O3P/c1-4-7-8-10(5-2,6-3)9(11)13-14-12/h4-8H2,1-3H3. The monoisotopic (exact) mass is 218 g/mol. The zero-order chi connectivity index (χ0) is 11.0. The van der Waals surface area contributed by atoms with Gasteiger partial charge in [-0.15, -0.1) is 0 Å². The van der Waals surface area contributed by atoms with Crippen molar-refractivity contribution in [3.05, 3.63) is 0 Å². The number of carbonyl (C=O) groups excluding carboxylic acids is 1. The van der Waals surface area contributed by atoms with E-state index in [4.69, 9.17) is 0 Å². The predicted molar refractivity (Wildman–Crippen MR) is 56.2 cm³/mol. The van der Waals surface area contributed by atoms with E-state index in [1.807, 2.05) is 13.8 Å². The number of carbonyl (C=O) groups is 1. The van der Waals surface area contributed by atoms with Crippen molar-refractivity contribution in [1.82, 2.24) is 0 Å². The van der Waals surface area contributed by atoms with E-state index in [0.29, 0.717) is 0 Å². The Morgan fingerprint density at radius 2 is 1.86 bits per heavy atom. The van der Waals surface area contributed by atoms with E-state index in [9.17, 15) is 9.36 Å². The minimum absolute atomic E-state index is 0.326. The summed E-state index contributed by atoms with van der Waals surface area (Å²) in [5.74, 6) is -0.326. The first kappa shape index (κ1) is 13.6. The van der Waals surface area contributed by atoms with Crippen molar-refractivity contribution in [3.8, 4) is 0 Å². The molecule has 82 valence electrons. The molecule has 0 aromatic carbocycles. The van der Waals surface area contributed by atoms with Crippen LogP contribution in [0.2, 0.25) is 0 Å². The first-order chi connectivity index (χ1) is 6.66. The van der Waals surface area contributed by atoms with Gasteiger partial charge in [0.15, 0.2) is 0 Å². The molecule has 0 saturated heterocycles. The van der Waals surface area contributed by atoms with Crippen LogP contribution in [0, 0.1) is 5.41 Å². The highest BCUT2D eigenvalue weighted by Gasteiger charge is 2.35. The Morgan fingerprint density at radius 1 is 1.29 bits per heavy atom. The Labute approximate surface area is 87.5 Å². The van der Waals surface area contributed by atoms with Crippen LogP contribution in [0.15, 0.2) is 0 Å². The maximum absolute atomic E-state index is 11.6. The van der Waals surface area contributed by atoms with Gasteiger partial charge in [0.25, 0.3) is 0 Å². The molecule has 0 bridgehead atoms. The lowest BCUT2D eigenvalue weighted by molar-refractivity contribution is -0.146. The summed E-state index contributed by atoms with van der Waals surface area (Å²) in [6.07, 6.45) is 4.39. The fraction of sp³-hybridized carbons (Fsp3) is 0.900. The Balaban J connectivity index is 4.49. The van der Waals surface area contributed by atoms with Crippen LogP contribution in [-0.4, -0.2) is 5.97 Å². The second kappa shape index (κ2) is 6.94. The molecule has 0 aliphatic carbocycles. The summed E-state index contributed by atoms with van der Waals surface area (Å²) >= 11 is 0. The largest absolute Gasteiger partial charge is 0.398 e. The van der Waals surface area contributed by atoms with Gasteiger partial charge in [-0.05, 0) is 19.3 Å². The SMILES string of the molecule is CCCCC(CC)(CC)C(=O)OP=O. The minimum Gasteiger partial charge on any atom is -0.372 e. The highest BCUT2D eigenvalue weighted by atomic mass is 31.1. The van der Waals surface area contributed by atoms with Crippen LogP contribution >= 0.6 is 8.69 Å². The van der Waals surface area contributed by atoms with Gasteiger partial charge < -0.3 is 4.52 Å². The molecule has 0 aromatic heterocycles. The highest BCUT2D eigenvalue weighted by molar-refractivity contribution is 7.18. The molecule has 4 heteroatoms.